The summed E-state index contributed by atoms with van der Waals surface area (Å²) in [4.78, 5) is 52.9. The standard InChI is InChI=1S/C24H30FNO8/c1-13-9-18-17-6-5-15-10-16(28)7-8-21(15,3)23(17,25)20(34-26(31)32)11-22(18,4)24(13,30)19(29)12-33-14(2)27/h7-8,10,13,17-18,20,30H,5-6,9,11-12H2,1-4H3/t13-,17+,18+,20+,21+,22+,23?,24+/m1/s1. The van der Waals surface area contributed by atoms with Crippen molar-refractivity contribution in [3.05, 3.63) is 33.9 Å². The van der Waals surface area contributed by atoms with E-state index in [0.717, 1.165) is 6.92 Å². The molecule has 3 fully saturated rings. The quantitative estimate of drug-likeness (QED) is 0.361. The van der Waals surface area contributed by atoms with Crippen LogP contribution in [-0.4, -0.2) is 51.7 Å². The molecule has 4 aliphatic rings. The summed E-state index contributed by atoms with van der Waals surface area (Å²) >= 11 is 0. The maximum absolute atomic E-state index is 17.5. The summed E-state index contributed by atoms with van der Waals surface area (Å²) in [5.41, 5.74) is -6.22. The highest BCUT2D eigenvalue weighted by Gasteiger charge is 2.76. The molecule has 186 valence electrons. The van der Waals surface area contributed by atoms with Crippen molar-refractivity contribution < 1.29 is 38.5 Å². The van der Waals surface area contributed by atoms with E-state index in [-0.39, 0.29) is 18.6 Å². The van der Waals surface area contributed by atoms with Crippen LogP contribution in [0.3, 0.4) is 0 Å². The van der Waals surface area contributed by atoms with Gasteiger partial charge in [-0.2, -0.15) is 0 Å². The third kappa shape index (κ3) is 3.03. The largest absolute Gasteiger partial charge is 0.458 e. The van der Waals surface area contributed by atoms with Crippen molar-refractivity contribution in [2.75, 3.05) is 6.61 Å². The monoisotopic (exact) mass is 479 g/mol. The van der Waals surface area contributed by atoms with Crippen LogP contribution in [0.2, 0.25) is 0 Å². The minimum Gasteiger partial charge on any atom is -0.458 e. The minimum absolute atomic E-state index is 0.262. The zero-order chi connectivity index (χ0) is 25.3. The third-order valence-corrected chi connectivity index (χ3v) is 9.24. The molecule has 0 aliphatic heterocycles. The topological polar surface area (TPSA) is 133 Å². The molecular formula is C24H30FNO8. The van der Waals surface area contributed by atoms with Gasteiger partial charge >= 0.3 is 5.97 Å². The van der Waals surface area contributed by atoms with Crippen LogP contribution in [-0.2, 0) is 24.0 Å². The van der Waals surface area contributed by atoms with Crippen LogP contribution in [0.25, 0.3) is 0 Å². The molecule has 10 heteroatoms. The minimum atomic E-state index is -2.24. The lowest BCUT2D eigenvalue weighted by Gasteiger charge is -2.62. The van der Waals surface area contributed by atoms with Gasteiger partial charge < -0.3 is 14.7 Å². The number of ether oxygens (including phenoxy) is 1. The van der Waals surface area contributed by atoms with Crippen molar-refractivity contribution in [1.29, 1.82) is 0 Å². The Bertz CT molecular complexity index is 1020. The van der Waals surface area contributed by atoms with Crippen molar-refractivity contribution in [2.45, 2.75) is 70.8 Å². The van der Waals surface area contributed by atoms with E-state index in [4.69, 9.17) is 9.57 Å². The van der Waals surface area contributed by atoms with E-state index in [1.54, 1.807) is 20.8 Å². The molecule has 0 amide bonds. The number of allylic oxidation sites excluding steroid dienone is 4. The molecule has 0 radical (unpaired) electrons. The smallest absolute Gasteiger partial charge is 0.303 e. The highest BCUT2D eigenvalue weighted by atomic mass is 19.1. The van der Waals surface area contributed by atoms with Gasteiger partial charge in [0.15, 0.2) is 18.1 Å². The molecule has 0 bridgehead atoms. The van der Waals surface area contributed by atoms with E-state index in [1.807, 2.05) is 0 Å². The maximum atomic E-state index is 17.5. The zero-order valence-electron chi connectivity index (χ0n) is 19.7. The highest BCUT2D eigenvalue weighted by Crippen LogP contribution is 2.71. The number of carbonyl (C=O) groups is 3. The van der Waals surface area contributed by atoms with Crippen molar-refractivity contribution in [1.82, 2.24) is 0 Å². The molecule has 0 aromatic carbocycles. The molecule has 9 nitrogen and oxygen atoms in total. The first kappa shape index (κ1) is 24.5. The van der Waals surface area contributed by atoms with Crippen molar-refractivity contribution in [3.63, 3.8) is 0 Å². The molecule has 4 rings (SSSR count). The molecule has 3 saturated carbocycles. The van der Waals surface area contributed by atoms with Gasteiger partial charge in [0.25, 0.3) is 5.09 Å². The van der Waals surface area contributed by atoms with Crippen LogP contribution in [0.4, 0.5) is 4.39 Å². The van der Waals surface area contributed by atoms with Gasteiger partial charge in [-0.25, -0.2) is 4.39 Å². The molecule has 1 unspecified atom stereocenters. The molecule has 0 aromatic heterocycles. The number of Topliss-reactive ketones (excluding diaryl/α,β-unsaturated/α-hetero) is 1. The molecule has 8 atom stereocenters. The first-order chi connectivity index (χ1) is 15.7. The second-order valence-corrected chi connectivity index (χ2v) is 10.7. The van der Waals surface area contributed by atoms with Gasteiger partial charge in [-0.1, -0.05) is 25.5 Å². The number of aliphatic hydroxyl groups is 1. The first-order valence-electron chi connectivity index (χ1n) is 11.5. The molecular weight excluding hydrogens is 449 g/mol. The number of alkyl halides is 1. The van der Waals surface area contributed by atoms with Crippen molar-refractivity contribution in [2.24, 2.45) is 28.6 Å². The van der Waals surface area contributed by atoms with Crippen molar-refractivity contribution >= 4 is 17.5 Å². The number of carbonyl (C=O) groups excluding carboxylic acids is 3. The van der Waals surface area contributed by atoms with E-state index < -0.39 is 69.4 Å². The first-order valence-corrected chi connectivity index (χ1v) is 11.5. The lowest BCUT2D eigenvalue weighted by molar-refractivity contribution is -0.775. The third-order valence-electron chi connectivity index (χ3n) is 9.24. The number of halogens is 1. The molecule has 0 spiro atoms. The predicted molar refractivity (Wildman–Crippen MR) is 115 cm³/mol. The Morgan fingerprint density at radius 2 is 2.00 bits per heavy atom. The van der Waals surface area contributed by atoms with Crippen LogP contribution in [0.5, 0.6) is 0 Å². The summed E-state index contributed by atoms with van der Waals surface area (Å²) in [5.74, 6) is -3.51. The second kappa shape index (κ2) is 7.69. The van der Waals surface area contributed by atoms with Gasteiger partial charge in [0.2, 0.25) is 5.78 Å². The van der Waals surface area contributed by atoms with Crippen LogP contribution in [0.15, 0.2) is 23.8 Å². The fourth-order valence-corrected chi connectivity index (χ4v) is 7.60. The second-order valence-electron chi connectivity index (χ2n) is 10.7. The lowest BCUT2D eigenvalue weighted by atomic mass is 9.44. The van der Waals surface area contributed by atoms with E-state index in [2.05, 4.69) is 0 Å². The molecule has 0 saturated heterocycles. The highest BCUT2D eigenvalue weighted by molar-refractivity contribution is 6.01. The number of hydrogen-bond acceptors (Lipinski definition) is 8. The Kier molecular flexibility index (Phi) is 5.54. The van der Waals surface area contributed by atoms with Crippen LogP contribution < -0.4 is 0 Å². The van der Waals surface area contributed by atoms with Gasteiger partial charge in [0.05, 0.1) is 0 Å². The van der Waals surface area contributed by atoms with E-state index in [9.17, 15) is 29.6 Å². The average Bonchev–Trinajstić information content (AvgIpc) is 2.94. The summed E-state index contributed by atoms with van der Waals surface area (Å²) in [6, 6.07) is 0. The van der Waals surface area contributed by atoms with Gasteiger partial charge in [0.1, 0.15) is 11.7 Å². The summed E-state index contributed by atoms with van der Waals surface area (Å²) in [5, 5.41) is 22.2. The fourth-order valence-electron chi connectivity index (χ4n) is 7.60. The number of rotatable bonds is 5. The van der Waals surface area contributed by atoms with Crippen LogP contribution in [0.1, 0.15) is 53.4 Å². The van der Waals surface area contributed by atoms with Gasteiger partial charge in [-0.05, 0) is 56.6 Å². The fraction of sp³-hybridized carbons (Fsp3) is 0.708. The van der Waals surface area contributed by atoms with Gasteiger partial charge in [-0.15, -0.1) is 10.1 Å². The summed E-state index contributed by atoms with van der Waals surface area (Å²) in [6.07, 6.45) is 3.30. The molecule has 0 heterocycles. The Hall–Kier alpha value is -2.62. The van der Waals surface area contributed by atoms with E-state index in [0.29, 0.717) is 18.4 Å². The number of nitrogens with zero attached hydrogens (tertiary/aromatic N) is 1. The molecule has 4 aliphatic carbocycles. The van der Waals surface area contributed by atoms with Crippen LogP contribution >= 0.6 is 0 Å². The summed E-state index contributed by atoms with van der Waals surface area (Å²) < 4.78 is 22.3. The van der Waals surface area contributed by atoms with Crippen molar-refractivity contribution in [3.8, 4) is 0 Å². The molecule has 34 heavy (non-hydrogen) atoms. The lowest BCUT2D eigenvalue weighted by Crippen LogP contribution is -2.70. The number of ketones is 2. The van der Waals surface area contributed by atoms with Gasteiger partial charge in [0, 0.05) is 23.7 Å². The zero-order valence-corrected chi connectivity index (χ0v) is 19.7. The maximum Gasteiger partial charge on any atom is 0.303 e. The Morgan fingerprint density at radius 3 is 2.62 bits per heavy atom. The average molecular weight is 480 g/mol. The summed E-state index contributed by atoms with van der Waals surface area (Å²) in [6.45, 7) is 5.48. The Balaban J connectivity index is 1.83. The Morgan fingerprint density at radius 1 is 1.32 bits per heavy atom. The van der Waals surface area contributed by atoms with E-state index in [1.165, 1.54) is 18.2 Å². The predicted octanol–water partition coefficient (Wildman–Crippen LogP) is 2.68. The van der Waals surface area contributed by atoms with Gasteiger partial charge in [-0.3, -0.25) is 14.4 Å². The van der Waals surface area contributed by atoms with Crippen LogP contribution in [0, 0.1) is 38.7 Å². The number of fused-ring (bicyclic) bond motifs is 5. The van der Waals surface area contributed by atoms with E-state index >= 15 is 4.39 Å². The molecule has 1 N–H and O–H groups in total. The summed E-state index contributed by atoms with van der Waals surface area (Å²) in [7, 11) is 0. The number of hydrogen-bond donors (Lipinski definition) is 1. The Labute approximate surface area is 196 Å². The SMILES string of the molecule is CC(=O)OCC(=O)[C@@]1(O)[C@H](C)C[C@H]2[C@@H]3CCC4=CC(=O)C=C[C@]4(C)C3(F)[C@@H](O[N+](=O)[O-])C[C@@]21C. The normalized spacial score (nSPS) is 44.9. The molecule has 0 aromatic rings. The number of esters is 1.